The zero-order chi connectivity index (χ0) is 11.3. The summed E-state index contributed by atoms with van der Waals surface area (Å²) in [5.41, 5.74) is 5.35. The normalized spacial score (nSPS) is 21.4. The van der Waals surface area contributed by atoms with Crippen LogP contribution in [0.5, 0.6) is 0 Å². The van der Waals surface area contributed by atoms with Crippen molar-refractivity contribution in [2.45, 2.75) is 32.3 Å². The molecular weight excluding hydrogens is 212 g/mol. The predicted octanol–water partition coefficient (Wildman–Crippen LogP) is 0.690. The second-order valence-corrected chi connectivity index (χ2v) is 4.23. The fourth-order valence-electron chi connectivity index (χ4n) is 1.80. The lowest BCUT2D eigenvalue weighted by molar-refractivity contribution is -0.133. The van der Waals surface area contributed by atoms with E-state index in [4.69, 9.17) is 22.7 Å². The van der Waals surface area contributed by atoms with E-state index in [1.165, 1.54) is 0 Å². The van der Waals surface area contributed by atoms with Gasteiger partial charge in [-0.1, -0.05) is 12.2 Å². The maximum absolute atomic E-state index is 11.7. The van der Waals surface area contributed by atoms with Gasteiger partial charge in [-0.15, -0.1) is 0 Å². The lowest BCUT2D eigenvalue weighted by Crippen LogP contribution is -2.44. The molecular formula is C10H18N2O2S. The fourth-order valence-corrected chi connectivity index (χ4v) is 1.92. The lowest BCUT2D eigenvalue weighted by Gasteiger charge is -2.32. The summed E-state index contributed by atoms with van der Waals surface area (Å²) < 4.78 is 5.51. The molecule has 0 spiro atoms. The monoisotopic (exact) mass is 230 g/mol. The molecule has 0 aromatic rings. The SMILES string of the molecule is CCOC1CCCN(C(=O)CC(N)=S)C1. The Hall–Kier alpha value is -0.680. The van der Waals surface area contributed by atoms with E-state index in [0.717, 1.165) is 19.4 Å². The highest BCUT2D eigenvalue weighted by atomic mass is 32.1. The number of hydrogen-bond acceptors (Lipinski definition) is 3. The van der Waals surface area contributed by atoms with Crippen LogP contribution in [0.2, 0.25) is 0 Å². The predicted molar refractivity (Wildman–Crippen MR) is 62.6 cm³/mol. The van der Waals surface area contributed by atoms with Crippen molar-refractivity contribution in [1.82, 2.24) is 4.90 Å². The number of nitrogens with two attached hydrogens (primary N) is 1. The molecule has 0 aromatic heterocycles. The van der Waals surface area contributed by atoms with Gasteiger partial charge in [0, 0.05) is 19.7 Å². The molecule has 0 aromatic carbocycles. The fraction of sp³-hybridized carbons (Fsp3) is 0.800. The molecule has 2 N–H and O–H groups in total. The van der Waals surface area contributed by atoms with E-state index >= 15 is 0 Å². The average molecular weight is 230 g/mol. The molecule has 1 aliphatic heterocycles. The van der Waals surface area contributed by atoms with Crippen molar-refractivity contribution in [1.29, 1.82) is 0 Å². The number of ether oxygens (including phenoxy) is 1. The van der Waals surface area contributed by atoms with Gasteiger partial charge in [0.15, 0.2) is 0 Å². The zero-order valence-corrected chi connectivity index (χ0v) is 9.89. The summed E-state index contributed by atoms with van der Waals surface area (Å²) in [6, 6.07) is 0. The smallest absolute Gasteiger partial charge is 0.229 e. The number of piperidine rings is 1. The van der Waals surface area contributed by atoms with E-state index in [0.29, 0.717) is 13.2 Å². The number of thiocarbonyl (C=S) groups is 1. The molecule has 1 rings (SSSR count). The third kappa shape index (κ3) is 4.13. The molecule has 0 saturated carbocycles. The van der Waals surface area contributed by atoms with Crippen LogP contribution in [0.4, 0.5) is 0 Å². The van der Waals surface area contributed by atoms with E-state index < -0.39 is 0 Å². The molecule has 1 saturated heterocycles. The third-order valence-corrected chi connectivity index (χ3v) is 2.60. The second-order valence-electron chi connectivity index (χ2n) is 3.70. The van der Waals surface area contributed by atoms with Crippen LogP contribution in [0.1, 0.15) is 26.2 Å². The summed E-state index contributed by atoms with van der Waals surface area (Å²) in [5, 5.41) is 0. The number of hydrogen-bond donors (Lipinski definition) is 1. The van der Waals surface area contributed by atoms with Crippen molar-refractivity contribution in [2.75, 3.05) is 19.7 Å². The highest BCUT2D eigenvalue weighted by molar-refractivity contribution is 7.80. The van der Waals surface area contributed by atoms with Crippen molar-refractivity contribution in [3.63, 3.8) is 0 Å². The minimum Gasteiger partial charge on any atom is -0.393 e. The maximum atomic E-state index is 11.7. The Morgan fingerprint density at radius 3 is 3.00 bits per heavy atom. The van der Waals surface area contributed by atoms with Gasteiger partial charge in [-0.25, -0.2) is 0 Å². The lowest BCUT2D eigenvalue weighted by atomic mass is 10.1. The Balaban J connectivity index is 2.41. The summed E-state index contributed by atoms with van der Waals surface area (Å²) in [6.45, 7) is 4.14. The number of carbonyl (C=O) groups is 1. The number of carbonyl (C=O) groups excluding carboxylic acids is 1. The van der Waals surface area contributed by atoms with Gasteiger partial charge in [0.05, 0.1) is 17.5 Å². The molecule has 1 unspecified atom stereocenters. The van der Waals surface area contributed by atoms with Gasteiger partial charge in [0.1, 0.15) is 0 Å². The van der Waals surface area contributed by atoms with Crippen molar-refractivity contribution >= 4 is 23.1 Å². The van der Waals surface area contributed by atoms with E-state index in [1.54, 1.807) is 4.90 Å². The van der Waals surface area contributed by atoms with Crippen molar-refractivity contribution in [2.24, 2.45) is 5.73 Å². The van der Waals surface area contributed by atoms with Crippen LogP contribution in [0, 0.1) is 0 Å². The summed E-state index contributed by atoms with van der Waals surface area (Å²) in [6.07, 6.45) is 2.38. The minimum absolute atomic E-state index is 0.0203. The minimum atomic E-state index is 0.0203. The highest BCUT2D eigenvalue weighted by Crippen LogP contribution is 2.13. The van der Waals surface area contributed by atoms with Crippen LogP contribution >= 0.6 is 12.2 Å². The summed E-state index contributed by atoms with van der Waals surface area (Å²) in [4.78, 5) is 13.7. The standard InChI is InChI=1S/C10H18N2O2S/c1-2-14-8-4-3-5-12(7-8)10(13)6-9(11)15/h8H,2-7H2,1H3,(H2,11,15). The third-order valence-electron chi connectivity index (χ3n) is 2.46. The molecule has 4 nitrogen and oxygen atoms in total. The Labute approximate surface area is 95.8 Å². The first-order valence-electron chi connectivity index (χ1n) is 5.31. The van der Waals surface area contributed by atoms with Crippen LogP contribution in [-0.2, 0) is 9.53 Å². The van der Waals surface area contributed by atoms with Crippen LogP contribution < -0.4 is 5.73 Å². The molecule has 1 fully saturated rings. The largest absolute Gasteiger partial charge is 0.393 e. The second kappa shape index (κ2) is 6.02. The van der Waals surface area contributed by atoms with Gasteiger partial charge >= 0.3 is 0 Å². The molecule has 5 heteroatoms. The van der Waals surface area contributed by atoms with Crippen LogP contribution in [0.25, 0.3) is 0 Å². The summed E-state index contributed by atoms with van der Waals surface area (Å²) in [5.74, 6) is 0.0203. The maximum Gasteiger partial charge on any atom is 0.229 e. The van der Waals surface area contributed by atoms with Crippen molar-refractivity contribution in [3.8, 4) is 0 Å². The molecule has 86 valence electrons. The number of amides is 1. The van der Waals surface area contributed by atoms with Crippen molar-refractivity contribution < 1.29 is 9.53 Å². The van der Waals surface area contributed by atoms with Gasteiger partial charge in [0.2, 0.25) is 5.91 Å². The van der Waals surface area contributed by atoms with Gasteiger partial charge < -0.3 is 15.4 Å². The molecule has 1 aliphatic rings. The highest BCUT2D eigenvalue weighted by Gasteiger charge is 2.23. The quantitative estimate of drug-likeness (QED) is 0.722. The van der Waals surface area contributed by atoms with Gasteiger partial charge in [-0.05, 0) is 19.8 Å². The topological polar surface area (TPSA) is 55.6 Å². The number of likely N-dealkylation sites (tertiary alicyclic amines) is 1. The average Bonchev–Trinajstić information content (AvgIpc) is 2.17. The molecule has 1 atom stereocenters. The van der Waals surface area contributed by atoms with E-state index in [-0.39, 0.29) is 23.4 Å². The molecule has 1 heterocycles. The summed E-state index contributed by atoms with van der Waals surface area (Å²) >= 11 is 4.72. The van der Waals surface area contributed by atoms with E-state index in [9.17, 15) is 4.79 Å². The first-order valence-corrected chi connectivity index (χ1v) is 5.72. The number of nitrogens with zero attached hydrogens (tertiary/aromatic N) is 1. The zero-order valence-electron chi connectivity index (χ0n) is 9.07. The summed E-state index contributed by atoms with van der Waals surface area (Å²) in [7, 11) is 0. The molecule has 15 heavy (non-hydrogen) atoms. The Morgan fingerprint density at radius 2 is 2.40 bits per heavy atom. The van der Waals surface area contributed by atoms with E-state index in [1.807, 2.05) is 6.92 Å². The Bertz CT molecular complexity index is 244. The molecule has 0 bridgehead atoms. The van der Waals surface area contributed by atoms with Crippen LogP contribution in [-0.4, -0.2) is 41.6 Å². The first-order chi connectivity index (χ1) is 7.13. The van der Waals surface area contributed by atoms with Gasteiger partial charge in [0.25, 0.3) is 0 Å². The Morgan fingerprint density at radius 1 is 1.67 bits per heavy atom. The first kappa shape index (κ1) is 12.4. The van der Waals surface area contributed by atoms with Crippen LogP contribution in [0.3, 0.4) is 0 Å². The molecule has 1 amide bonds. The number of rotatable bonds is 4. The van der Waals surface area contributed by atoms with Gasteiger partial charge in [-0.3, -0.25) is 4.79 Å². The molecule has 0 aliphatic carbocycles. The Kier molecular flexibility index (Phi) is 4.98. The molecule has 0 radical (unpaired) electrons. The van der Waals surface area contributed by atoms with Crippen molar-refractivity contribution in [3.05, 3.63) is 0 Å². The van der Waals surface area contributed by atoms with Crippen LogP contribution in [0.15, 0.2) is 0 Å². The van der Waals surface area contributed by atoms with Gasteiger partial charge in [-0.2, -0.15) is 0 Å². The van der Waals surface area contributed by atoms with E-state index in [2.05, 4.69) is 0 Å².